The Morgan fingerprint density at radius 2 is 1.90 bits per heavy atom. The van der Waals surface area contributed by atoms with Crippen molar-refractivity contribution in [2.75, 3.05) is 19.6 Å². The third kappa shape index (κ3) is 8.15. The molecule has 0 aliphatic heterocycles. The van der Waals surface area contributed by atoms with Crippen molar-refractivity contribution in [1.82, 2.24) is 25.0 Å². The van der Waals surface area contributed by atoms with E-state index in [1.165, 1.54) is 31.9 Å². The molecule has 0 aliphatic rings. The first-order valence-corrected chi connectivity index (χ1v) is 11.4. The SMILES string of the molecule is CCCCCCCCONC(=O)c1ncnc2c1ncn2CCOCP(=O)(O)O. The number of nitrogens with zero attached hydrogens (tertiary/aromatic N) is 4. The van der Waals surface area contributed by atoms with Crippen LogP contribution in [-0.4, -0.2) is 54.8 Å². The van der Waals surface area contributed by atoms with E-state index in [1.807, 2.05) is 0 Å². The maximum Gasteiger partial charge on any atom is 0.350 e. The van der Waals surface area contributed by atoms with E-state index in [4.69, 9.17) is 19.4 Å². The van der Waals surface area contributed by atoms with Gasteiger partial charge in [0.15, 0.2) is 11.3 Å². The van der Waals surface area contributed by atoms with Gasteiger partial charge in [-0.05, 0) is 6.42 Å². The Hall–Kier alpha value is -1.91. The lowest BCUT2D eigenvalue weighted by Crippen LogP contribution is -2.25. The standard InChI is InChI=1S/C17H28N5O6P/c1-2-3-4-5-6-7-9-28-21-17(23)15-14-16(19-11-18-15)22(12-20-14)8-10-27-13-29(24,25)26/h11-12H,2-10,13H2,1H3,(H,21,23)(H2,24,25,26). The Balaban J connectivity index is 1.82. The van der Waals surface area contributed by atoms with Gasteiger partial charge in [-0.15, -0.1) is 0 Å². The summed E-state index contributed by atoms with van der Waals surface area (Å²) >= 11 is 0. The van der Waals surface area contributed by atoms with Crippen molar-refractivity contribution >= 4 is 24.7 Å². The average Bonchev–Trinajstić information content (AvgIpc) is 3.09. The zero-order chi connectivity index (χ0) is 21.1. The molecule has 2 rings (SSSR count). The summed E-state index contributed by atoms with van der Waals surface area (Å²) in [6.45, 7) is 2.93. The molecule has 2 aromatic heterocycles. The van der Waals surface area contributed by atoms with Gasteiger partial charge in [0.05, 0.1) is 19.5 Å². The molecule has 1 amide bonds. The molecule has 0 bridgehead atoms. The zero-order valence-corrected chi connectivity index (χ0v) is 17.4. The van der Waals surface area contributed by atoms with Gasteiger partial charge in [0, 0.05) is 6.54 Å². The lowest BCUT2D eigenvalue weighted by molar-refractivity contribution is 0.0294. The maximum atomic E-state index is 12.3. The van der Waals surface area contributed by atoms with Crippen molar-refractivity contribution in [3.05, 3.63) is 18.3 Å². The molecule has 162 valence electrons. The molecule has 0 fully saturated rings. The second kappa shape index (κ2) is 11.9. The molecule has 0 aliphatic carbocycles. The monoisotopic (exact) mass is 429 g/mol. The van der Waals surface area contributed by atoms with Gasteiger partial charge in [-0.3, -0.25) is 14.2 Å². The van der Waals surface area contributed by atoms with Crippen LogP contribution in [0.3, 0.4) is 0 Å². The lowest BCUT2D eigenvalue weighted by Gasteiger charge is -2.07. The topological polar surface area (TPSA) is 149 Å². The number of imidazole rings is 1. The van der Waals surface area contributed by atoms with Crippen LogP contribution < -0.4 is 5.48 Å². The Morgan fingerprint density at radius 3 is 2.66 bits per heavy atom. The minimum atomic E-state index is -4.20. The van der Waals surface area contributed by atoms with E-state index in [9.17, 15) is 9.36 Å². The summed E-state index contributed by atoms with van der Waals surface area (Å²) in [5, 5.41) is 0. The third-order valence-electron chi connectivity index (χ3n) is 4.12. The quantitative estimate of drug-likeness (QED) is 0.233. The summed E-state index contributed by atoms with van der Waals surface area (Å²) in [7, 11) is -4.20. The Kier molecular flexibility index (Phi) is 9.62. The van der Waals surface area contributed by atoms with Gasteiger partial charge >= 0.3 is 7.60 Å². The van der Waals surface area contributed by atoms with Crippen LogP contribution >= 0.6 is 7.60 Å². The van der Waals surface area contributed by atoms with Gasteiger partial charge < -0.3 is 19.1 Å². The van der Waals surface area contributed by atoms with Gasteiger partial charge in [-0.2, -0.15) is 0 Å². The van der Waals surface area contributed by atoms with Crippen molar-refractivity contribution in [2.45, 2.75) is 52.0 Å². The van der Waals surface area contributed by atoms with Crippen LogP contribution in [0.25, 0.3) is 11.2 Å². The van der Waals surface area contributed by atoms with Crippen molar-refractivity contribution in [2.24, 2.45) is 0 Å². The minimum Gasteiger partial charge on any atom is -0.367 e. The van der Waals surface area contributed by atoms with E-state index in [2.05, 4.69) is 27.4 Å². The number of ether oxygens (including phenoxy) is 1. The van der Waals surface area contributed by atoms with Gasteiger partial charge in [0.1, 0.15) is 18.2 Å². The lowest BCUT2D eigenvalue weighted by atomic mass is 10.1. The summed E-state index contributed by atoms with van der Waals surface area (Å²) < 4.78 is 17.4. The number of hydrogen-bond acceptors (Lipinski definition) is 7. The van der Waals surface area contributed by atoms with Crippen LogP contribution in [0.4, 0.5) is 0 Å². The van der Waals surface area contributed by atoms with Crippen molar-refractivity contribution < 1.29 is 28.7 Å². The van der Waals surface area contributed by atoms with Crippen molar-refractivity contribution in [3.8, 4) is 0 Å². The molecule has 2 heterocycles. The Labute approximate surface area is 169 Å². The minimum absolute atomic E-state index is 0.0590. The summed E-state index contributed by atoms with van der Waals surface area (Å²) in [6, 6.07) is 0. The van der Waals surface area contributed by atoms with Gasteiger partial charge in [0.25, 0.3) is 5.91 Å². The number of hydrogen-bond donors (Lipinski definition) is 3. The number of aromatic nitrogens is 4. The highest BCUT2D eigenvalue weighted by Gasteiger charge is 2.17. The van der Waals surface area contributed by atoms with Crippen LogP contribution in [0.15, 0.2) is 12.7 Å². The van der Waals surface area contributed by atoms with Crippen molar-refractivity contribution in [1.29, 1.82) is 0 Å². The third-order valence-corrected chi connectivity index (χ3v) is 4.64. The highest BCUT2D eigenvalue weighted by atomic mass is 31.2. The van der Waals surface area contributed by atoms with E-state index < -0.39 is 19.9 Å². The summed E-state index contributed by atoms with van der Waals surface area (Å²) in [5.74, 6) is -0.508. The van der Waals surface area contributed by atoms with Crippen LogP contribution in [0.5, 0.6) is 0 Å². The van der Waals surface area contributed by atoms with Crippen LogP contribution in [-0.2, 0) is 20.7 Å². The van der Waals surface area contributed by atoms with Crippen LogP contribution in [0, 0.1) is 0 Å². The summed E-state index contributed by atoms with van der Waals surface area (Å²) in [6.07, 6.45) is 8.81. The summed E-state index contributed by atoms with van der Waals surface area (Å²) in [5.41, 5.74) is 3.20. The first-order valence-electron chi connectivity index (χ1n) is 9.62. The average molecular weight is 429 g/mol. The van der Waals surface area contributed by atoms with Gasteiger partial charge in [0.2, 0.25) is 0 Å². The first kappa shape index (κ1) is 23.4. The fourth-order valence-corrected chi connectivity index (χ4v) is 3.04. The first-order chi connectivity index (χ1) is 13.9. The van der Waals surface area contributed by atoms with E-state index in [0.717, 1.165) is 19.3 Å². The molecule has 2 aromatic rings. The molecular weight excluding hydrogens is 401 g/mol. The molecule has 0 spiro atoms. The smallest absolute Gasteiger partial charge is 0.350 e. The number of fused-ring (bicyclic) bond motifs is 1. The highest BCUT2D eigenvalue weighted by Crippen LogP contribution is 2.33. The number of carbonyl (C=O) groups is 1. The van der Waals surface area contributed by atoms with Crippen LogP contribution in [0.1, 0.15) is 55.9 Å². The number of unbranched alkanes of at least 4 members (excludes halogenated alkanes) is 5. The van der Waals surface area contributed by atoms with Gasteiger partial charge in [-0.1, -0.05) is 39.0 Å². The molecule has 29 heavy (non-hydrogen) atoms. The molecule has 0 saturated carbocycles. The van der Waals surface area contributed by atoms with Crippen molar-refractivity contribution in [3.63, 3.8) is 0 Å². The van der Waals surface area contributed by atoms with E-state index in [1.54, 1.807) is 4.57 Å². The molecule has 0 radical (unpaired) electrons. The molecule has 0 unspecified atom stereocenters. The second-order valence-electron chi connectivity index (χ2n) is 6.58. The molecule has 12 heteroatoms. The summed E-state index contributed by atoms with van der Waals surface area (Å²) in [4.78, 5) is 47.4. The maximum absolute atomic E-state index is 12.3. The number of nitrogens with one attached hydrogen (secondary N) is 1. The van der Waals surface area contributed by atoms with E-state index in [0.29, 0.717) is 17.8 Å². The molecule has 0 atom stereocenters. The number of carbonyl (C=O) groups excluding carboxylic acids is 1. The molecular formula is C17H28N5O6P. The normalized spacial score (nSPS) is 11.8. The zero-order valence-electron chi connectivity index (χ0n) is 16.5. The highest BCUT2D eigenvalue weighted by molar-refractivity contribution is 7.51. The number of amides is 1. The van der Waals surface area contributed by atoms with Crippen LogP contribution in [0.2, 0.25) is 0 Å². The number of hydroxylamine groups is 1. The van der Waals surface area contributed by atoms with E-state index in [-0.39, 0.29) is 18.8 Å². The largest absolute Gasteiger partial charge is 0.367 e. The fraction of sp³-hybridized carbons (Fsp3) is 0.647. The predicted molar refractivity (Wildman–Crippen MR) is 105 cm³/mol. The fourth-order valence-electron chi connectivity index (χ4n) is 2.68. The molecule has 11 nitrogen and oxygen atoms in total. The predicted octanol–water partition coefficient (Wildman–Crippen LogP) is 2.00. The molecule has 0 aromatic carbocycles. The second-order valence-corrected chi connectivity index (χ2v) is 8.17. The van der Waals surface area contributed by atoms with E-state index >= 15 is 0 Å². The van der Waals surface area contributed by atoms with Gasteiger partial charge in [-0.25, -0.2) is 20.4 Å². The number of rotatable bonds is 14. The Morgan fingerprint density at radius 1 is 1.14 bits per heavy atom. The molecule has 3 N–H and O–H groups in total. The molecule has 0 saturated heterocycles. The Bertz CT molecular complexity index is 824.